The Morgan fingerprint density at radius 2 is 2.10 bits per heavy atom. The summed E-state index contributed by atoms with van der Waals surface area (Å²) in [4.78, 5) is 36.3. The van der Waals surface area contributed by atoms with Gasteiger partial charge in [0.05, 0.1) is 22.8 Å². The Bertz CT molecular complexity index is 573. The van der Waals surface area contributed by atoms with E-state index in [0.717, 1.165) is 4.90 Å². The van der Waals surface area contributed by atoms with E-state index in [1.54, 1.807) is 25.1 Å². The zero-order chi connectivity index (χ0) is 14.7. The zero-order valence-corrected chi connectivity index (χ0v) is 11.6. The Hall–Kier alpha value is -2.08. The van der Waals surface area contributed by atoms with Gasteiger partial charge in [0.25, 0.3) is 11.8 Å². The lowest BCUT2D eigenvalue weighted by atomic mass is 10.1. The van der Waals surface area contributed by atoms with Crippen LogP contribution < -0.4 is 5.32 Å². The van der Waals surface area contributed by atoms with Gasteiger partial charge >= 0.3 is 6.09 Å². The maximum absolute atomic E-state index is 12.1. The van der Waals surface area contributed by atoms with Crippen molar-refractivity contribution in [2.75, 3.05) is 19.7 Å². The van der Waals surface area contributed by atoms with Crippen LogP contribution in [0, 0.1) is 0 Å². The van der Waals surface area contributed by atoms with E-state index in [9.17, 15) is 14.4 Å². The number of fused-ring (bicyclic) bond motifs is 1. The van der Waals surface area contributed by atoms with Crippen LogP contribution in [0.1, 0.15) is 27.6 Å². The van der Waals surface area contributed by atoms with Gasteiger partial charge in [0.15, 0.2) is 0 Å². The van der Waals surface area contributed by atoms with Crippen molar-refractivity contribution in [1.29, 1.82) is 0 Å². The lowest BCUT2D eigenvalue weighted by Crippen LogP contribution is -2.38. The van der Waals surface area contributed by atoms with Crippen LogP contribution in [0.2, 0.25) is 5.02 Å². The fourth-order valence-electron chi connectivity index (χ4n) is 1.95. The van der Waals surface area contributed by atoms with Crippen LogP contribution in [-0.2, 0) is 4.74 Å². The van der Waals surface area contributed by atoms with Gasteiger partial charge in [0.2, 0.25) is 0 Å². The van der Waals surface area contributed by atoms with Crippen molar-refractivity contribution in [3.8, 4) is 0 Å². The number of carbonyl (C=O) groups is 3. The van der Waals surface area contributed by atoms with Crippen molar-refractivity contribution < 1.29 is 19.1 Å². The highest BCUT2D eigenvalue weighted by molar-refractivity contribution is 6.37. The predicted molar refractivity (Wildman–Crippen MR) is 71.8 cm³/mol. The van der Waals surface area contributed by atoms with Crippen molar-refractivity contribution in [2.45, 2.75) is 6.92 Å². The fraction of sp³-hybridized carbons (Fsp3) is 0.308. The average Bonchev–Trinajstić information content (AvgIpc) is 2.65. The number of hydrogen-bond acceptors (Lipinski definition) is 4. The van der Waals surface area contributed by atoms with Gasteiger partial charge in [0.1, 0.15) is 0 Å². The normalized spacial score (nSPS) is 13.4. The smallest absolute Gasteiger partial charge is 0.407 e. The van der Waals surface area contributed by atoms with E-state index in [4.69, 9.17) is 11.6 Å². The summed E-state index contributed by atoms with van der Waals surface area (Å²) in [6, 6.07) is 4.73. The molecule has 1 aliphatic heterocycles. The van der Waals surface area contributed by atoms with Gasteiger partial charge in [-0.25, -0.2) is 4.79 Å². The number of alkyl carbamates (subject to hydrolysis) is 1. The van der Waals surface area contributed by atoms with Crippen LogP contribution >= 0.6 is 11.6 Å². The number of imide groups is 1. The first kappa shape index (κ1) is 14.3. The summed E-state index contributed by atoms with van der Waals surface area (Å²) >= 11 is 5.93. The first-order valence-corrected chi connectivity index (χ1v) is 6.49. The predicted octanol–water partition coefficient (Wildman–Crippen LogP) is 1.68. The van der Waals surface area contributed by atoms with E-state index >= 15 is 0 Å². The third-order valence-electron chi connectivity index (χ3n) is 2.83. The molecule has 0 aliphatic carbocycles. The number of ether oxygens (including phenoxy) is 1. The molecule has 0 saturated heterocycles. The summed E-state index contributed by atoms with van der Waals surface area (Å²) in [5, 5.41) is 2.70. The molecule has 20 heavy (non-hydrogen) atoms. The van der Waals surface area contributed by atoms with Crippen molar-refractivity contribution >= 4 is 29.5 Å². The number of nitrogens with zero attached hydrogens (tertiary/aromatic N) is 1. The van der Waals surface area contributed by atoms with Crippen molar-refractivity contribution in [1.82, 2.24) is 10.2 Å². The van der Waals surface area contributed by atoms with Crippen LogP contribution in [0.3, 0.4) is 0 Å². The van der Waals surface area contributed by atoms with Crippen LogP contribution in [0.5, 0.6) is 0 Å². The third-order valence-corrected chi connectivity index (χ3v) is 3.14. The Kier molecular flexibility index (Phi) is 4.24. The minimum Gasteiger partial charge on any atom is -0.450 e. The zero-order valence-electron chi connectivity index (χ0n) is 10.8. The van der Waals surface area contributed by atoms with Crippen molar-refractivity contribution in [3.63, 3.8) is 0 Å². The van der Waals surface area contributed by atoms with Crippen LogP contribution in [0.15, 0.2) is 18.2 Å². The SMILES string of the molecule is CCOC(=O)NCCN1C(=O)c2cccc(Cl)c2C1=O. The molecule has 1 aromatic rings. The second-order valence-electron chi connectivity index (χ2n) is 4.07. The first-order valence-electron chi connectivity index (χ1n) is 6.11. The molecule has 0 spiro atoms. The standard InChI is InChI=1S/C13H13ClN2O4/c1-2-20-13(19)15-6-7-16-11(17)8-4-3-5-9(14)10(8)12(16)18/h3-5H,2,6-7H2,1H3,(H,15,19). The molecular formula is C13H13ClN2O4. The Morgan fingerprint density at radius 1 is 1.35 bits per heavy atom. The first-order chi connectivity index (χ1) is 9.56. The van der Waals surface area contributed by atoms with E-state index in [0.29, 0.717) is 5.56 Å². The molecule has 1 aliphatic rings. The lowest BCUT2D eigenvalue weighted by Gasteiger charge is -2.14. The Labute approximate surface area is 120 Å². The molecule has 3 amide bonds. The number of carbonyl (C=O) groups excluding carboxylic acids is 3. The van der Waals surface area contributed by atoms with Gasteiger partial charge in [-0.05, 0) is 19.1 Å². The number of halogens is 1. The molecule has 2 rings (SSSR count). The van der Waals surface area contributed by atoms with Crippen molar-refractivity contribution in [3.05, 3.63) is 34.3 Å². The van der Waals surface area contributed by atoms with Crippen LogP contribution in [0.4, 0.5) is 4.79 Å². The number of hydrogen-bond donors (Lipinski definition) is 1. The summed E-state index contributed by atoms with van der Waals surface area (Å²) in [7, 11) is 0. The van der Waals surface area contributed by atoms with E-state index in [1.807, 2.05) is 0 Å². The van der Waals surface area contributed by atoms with Crippen LogP contribution in [0.25, 0.3) is 0 Å². The Morgan fingerprint density at radius 3 is 2.75 bits per heavy atom. The molecule has 0 unspecified atom stereocenters. The topological polar surface area (TPSA) is 75.7 Å². The van der Waals surface area contributed by atoms with Gasteiger partial charge in [0, 0.05) is 13.1 Å². The third kappa shape index (κ3) is 2.60. The minimum atomic E-state index is -0.581. The number of nitrogens with one attached hydrogen (secondary N) is 1. The minimum absolute atomic E-state index is 0.0709. The maximum Gasteiger partial charge on any atom is 0.407 e. The molecule has 1 N–H and O–H groups in total. The Balaban J connectivity index is 2.02. The molecule has 106 valence electrons. The van der Waals surface area contributed by atoms with Gasteiger partial charge in [-0.2, -0.15) is 0 Å². The molecule has 0 bridgehead atoms. The highest BCUT2D eigenvalue weighted by atomic mass is 35.5. The van der Waals surface area contributed by atoms with Crippen molar-refractivity contribution in [2.24, 2.45) is 0 Å². The molecule has 6 nitrogen and oxygen atoms in total. The van der Waals surface area contributed by atoms with Gasteiger partial charge < -0.3 is 10.1 Å². The maximum atomic E-state index is 12.1. The molecular weight excluding hydrogens is 284 g/mol. The fourth-order valence-corrected chi connectivity index (χ4v) is 2.20. The molecule has 0 aromatic heterocycles. The second kappa shape index (κ2) is 5.92. The van der Waals surface area contributed by atoms with E-state index < -0.39 is 17.9 Å². The second-order valence-corrected chi connectivity index (χ2v) is 4.48. The number of rotatable bonds is 4. The quantitative estimate of drug-likeness (QED) is 0.858. The summed E-state index contributed by atoms with van der Waals surface area (Å²) in [6.45, 7) is 2.14. The molecule has 0 radical (unpaired) electrons. The summed E-state index contributed by atoms with van der Waals surface area (Å²) in [6.07, 6.45) is -0.581. The number of amides is 3. The molecule has 7 heteroatoms. The molecule has 1 heterocycles. The van der Waals surface area contributed by atoms with E-state index in [2.05, 4.69) is 10.1 Å². The highest BCUT2D eigenvalue weighted by Crippen LogP contribution is 2.28. The summed E-state index contributed by atoms with van der Waals surface area (Å²) in [5.41, 5.74) is 0.508. The largest absolute Gasteiger partial charge is 0.450 e. The lowest BCUT2D eigenvalue weighted by molar-refractivity contribution is 0.0653. The molecule has 0 saturated carbocycles. The summed E-state index contributed by atoms with van der Waals surface area (Å²) < 4.78 is 4.68. The summed E-state index contributed by atoms with van der Waals surface area (Å²) in [5.74, 6) is -0.848. The van der Waals surface area contributed by atoms with E-state index in [1.165, 1.54) is 0 Å². The van der Waals surface area contributed by atoms with Crippen LogP contribution in [-0.4, -0.2) is 42.5 Å². The van der Waals surface area contributed by atoms with E-state index in [-0.39, 0.29) is 30.3 Å². The highest BCUT2D eigenvalue weighted by Gasteiger charge is 2.36. The average molecular weight is 297 g/mol. The monoisotopic (exact) mass is 296 g/mol. The van der Waals surface area contributed by atoms with Gasteiger partial charge in [-0.1, -0.05) is 17.7 Å². The molecule has 0 atom stereocenters. The molecule has 1 aromatic carbocycles. The number of benzene rings is 1. The van der Waals surface area contributed by atoms with Gasteiger partial charge in [-0.3, -0.25) is 14.5 Å². The van der Waals surface area contributed by atoms with Gasteiger partial charge in [-0.15, -0.1) is 0 Å². The molecule has 0 fully saturated rings.